The van der Waals surface area contributed by atoms with E-state index in [0.29, 0.717) is 22.0 Å². The summed E-state index contributed by atoms with van der Waals surface area (Å²) in [6, 6.07) is 11.6. The number of hydrogen-bond acceptors (Lipinski definition) is 6. The summed E-state index contributed by atoms with van der Waals surface area (Å²) in [5, 5.41) is 20.2. The highest BCUT2D eigenvalue weighted by molar-refractivity contribution is 8.18. The minimum atomic E-state index is -0.493. The molecule has 2 N–H and O–H groups in total. The van der Waals surface area contributed by atoms with Gasteiger partial charge in [0, 0.05) is 5.56 Å². The van der Waals surface area contributed by atoms with Crippen LogP contribution >= 0.6 is 23.4 Å². The van der Waals surface area contributed by atoms with Gasteiger partial charge in [0.05, 0.1) is 15.6 Å². The number of phenols is 1. The molecule has 0 radical (unpaired) electrons. The first kappa shape index (κ1) is 16.2. The highest BCUT2D eigenvalue weighted by Gasteiger charge is 2.25. The third-order valence-corrected chi connectivity index (χ3v) is 4.20. The van der Waals surface area contributed by atoms with Gasteiger partial charge in [0.15, 0.2) is 0 Å². The molecule has 0 aliphatic carbocycles. The second kappa shape index (κ2) is 6.86. The molecule has 1 aliphatic heterocycles. The number of carbonyl (C=O) groups is 2. The van der Waals surface area contributed by atoms with Crippen LogP contribution in [0.5, 0.6) is 5.75 Å². The van der Waals surface area contributed by atoms with Crippen molar-refractivity contribution in [2.24, 2.45) is 10.2 Å². The summed E-state index contributed by atoms with van der Waals surface area (Å²) in [5.74, 6) is -0.528. The Morgan fingerprint density at radius 2 is 1.92 bits per heavy atom. The topological polar surface area (TPSA) is 91.1 Å². The van der Waals surface area contributed by atoms with Crippen molar-refractivity contribution in [1.82, 2.24) is 5.32 Å². The lowest BCUT2D eigenvalue weighted by Gasteiger charge is -2.01. The zero-order chi connectivity index (χ0) is 17.1. The van der Waals surface area contributed by atoms with E-state index >= 15 is 0 Å². The lowest BCUT2D eigenvalue weighted by Crippen LogP contribution is -2.17. The van der Waals surface area contributed by atoms with Crippen LogP contribution in [0.3, 0.4) is 0 Å². The quantitative estimate of drug-likeness (QED) is 0.609. The number of carbonyl (C=O) groups excluding carboxylic acids is 2. The summed E-state index contributed by atoms with van der Waals surface area (Å²) in [4.78, 5) is 23.0. The van der Waals surface area contributed by atoms with Gasteiger partial charge in [-0.15, -0.1) is 5.11 Å². The summed E-state index contributed by atoms with van der Waals surface area (Å²) >= 11 is 6.78. The maximum atomic E-state index is 11.6. The Labute approximate surface area is 146 Å². The molecular weight excluding hydrogens is 350 g/mol. The van der Waals surface area contributed by atoms with Crippen LogP contribution in [-0.4, -0.2) is 16.3 Å². The number of rotatable bonds is 3. The van der Waals surface area contributed by atoms with E-state index in [1.165, 1.54) is 12.1 Å². The van der Waals surface area contributed by atoms with Gasteiger partial charge < -0.3 is 5.11 Å². The van der Waals surface area contributed by atoms with Gasteiger partial charge in [0.1, 0.15) is 11.4 Å². The molecule has 2 aromatic rings. The standard InChI is InChI=1S/C16H10ClN3O3S/c17-11-3-1-2-4-12(11)20-19-10-5-6-13(21)9(7-10)8-14-15(22)18-16(23)24-14/h1-8,21H,(H,18,22,23)/b14-8+,20-19?. The number of amides is 2. The number of aromatic hydroxyl groups is 1. The number of thioether (sulfide) groups is 1. The highest BCUT2D eigenvalue weighted by atomic mass is 35.5. The number of halogens is 1. The highest BCUT2D eigenvalue weighted by Crippen LogP contribution is 2.32. The molecular formula is C16H10ClN3O3S. The number of azo groups is 1. The summed E-state index contributed by atoms with van der Waals surface area (Å²) in [5.41, 5.74) is 1.34. The van der Waals surface area contributed by atoms with Gasteiger partial charge in [-0.05, 0) is 48.2 Å². The summed E-state index contributed by atoms with van der Waals surface area (Å²) in [6.07, 6.45) is 1.43. The minimum absolute atomic E-state index is 0.0352. The van der Waals surface area contributed by atoms with Crippen LogP contribution in [-0.2, 0) is 4.79 Å². The molecule has 2 aromatic carbocycles. The van der Waals surface area contributed by atoms with Crippen LogP contribution in [0.1, 0.15) is 5.56 Å². The predicted molar refractivity (Wildman–Crippen MR) is 92.8 cm³/mol. The largest absolute Gasteiger partial charge is 0.507 e. The Hall–Kier alpha value is -2.64. The van der Waals surface area contributed by atoms with Gasteiger partial charge in [-0.2, -0.15) is 5.11 Å². The van der Waals surface area contributed by atoms with Crippen LogP contribution in [0.25, 0.3) is 6.08 Å². The Morgan fingerprint density at radius 1 is 1.12 bits per heavy atom. The molecule has 1 saturated heterocycles. The summed E-state index contributed by atoms with van der Waals surface area (Å²) in [7, 11) is 0. The van der Waals surface area contributed by atoms with Gasteiger partial charge in [0.25, 0.3) is 11.1 Å². The van der Waals surface area contributed by atoms with Gasteiger partial charge in [-0.25, -0.2) is 0 Å². The van der Waals surface area contributed by atoms with E-state index in [-0.39, 0.29) is 10.7 Å². The molecule has 0 unspecified atom stereocenters. The number of imide groups is 1. The van der Waals surface area contributed by atoms with E-state index in [2.05, 4.69) is 15.5 Å². The maximum absolute atomic E-state index is 11.6. The van der Waals surface area contributed by atoms with Crippen molar-refractivity contribution in [3.05, 3.63) is 58.0 Å². The zero-order valence-corrected chi connectivity index (χ0v) is 13.6. The van der Waals surface area contributed by atoms with Gasteiger partial charge in [0.2, 0.25) is 0 Å². The molecule has 24 heavy (non-hydrogen) atoms. The average Bonchev–Trinajstić information content (AvgIpc) is 2.87. The lowest BCUT2D eigenvalue weighted by molar-refractivity contribution is -0.115. The van der Waals surface area contributed by atoms with E-state index in [4.69, 9.17) is 11.6 Å². The Balaban J connectivity index is 1.90. The molecule has 1 aliphatic rings. The first-order valence-electron chi connectivity index (χ1n) is 6.77. The fourth-order valence-corrected chi connectivity index (χ4v) is 2.77. The fraction of sp³-hybridized carbons (Fsp3) is 0. The summed E-state index contributed by atoms with van der Waals surface area (Å²) in [6.45, 7) is 0. The first-order chi connectivity index (χ1) is 11.5. The third kappa shape index (κ3) is 3.64. The second-order valence-corrected chi connectivity index (χ2v) is 6.17. The molecule has 1 fully saturated rings. The molecule has 120 valence electrons. The molecule has 0 spiro atoms. The molecule has 0 bridgehead atoms. The van der Waals surface area contributed by atoms with E-state index in [1.54, 1.807) is 36.4 Å². The SMILES string of the molecule is O=C1NC(=O)/C(=C\c2cc(N=Nc3ccccc3Cl)ccc2O)S1. The Bertz CT molecular complexity index is 896. The van der Waals surface area contributed by atoms with E-state index in [9.17, 15) is 14.7 Å². The van der Waals surface area contributed by atoms with Crippen LogP contribution in [0.4, 0.5) is 16.2 Å². The molecule has 0 aromatic heterocycles. The zero-order valence-electron chi connectivity index (χ0n) is 12.1. The smallest absolute Gasteiger partial charge is 0.290 e. The number of hydrogen-bond donors (Lipinski definition) is 2. The lowest BCUT2D eigenvalue weighted by atomic mass is 10.1. The molecule has 0 atom stereocenters. The average molecular weight is 360 g/mol. The first-order valence-corrected chi connectivity index (χ1v) is 7.96. The maximum Gasteiger partial charge on any atom is 0.290 e. The number of nitrogens with one attached hydrogen (secondary N) is 1. The molecule has 2 amide bonds. The van der Waals surface area contributed by atoms with Gasteiger partial charge in [-0.3, -0.25) is 14.9 Å². The molecule has 8 heteroatoms. The Kier molecular flexibility index (Phi) is 4.64. The number of benzene rings is 2. The monoisotopic (exact) mass is 359 g/mol. The van der Waals surface area contributed by atoms with Crippen molar-refractivity contribution in [2.45, 2.75) is 0 Å². The van der Waals surface area contributed by atoms with Gasteiger partial charge >= 0.3 is 0 Å². The number of nitrogens with zero attached hydrogens (tertiary/aromatic N) is 2. The van der Waals surface area contributed by atoms with Crippen LogP contribution in [0.15, 0.2) is 57.6 Å². The van der Waals surface area contributed by atoms with Crippen LogP contribution in [0.2, 0.25) is 5.02 Å². The predicted octanol–water partition coefficient (Wildman–Crippen LogP) is 4.78. The second-order valence-electron chi connectivity index (χ2n) is 4.75. The van der Waals surface area contributed by atoms with Crippen molar-refractivity contribution in [3.63, 3.8) is 0 Å². The van der Waals surface area contributed by atoms with Crippen LogP contribution < -0.4 is 5.32 Å². The minimum Gasteiger partial charge on any atom is -0.507 e. The molecule has 0 saturated carbocycles. The van der Waals surface area contributed by atoms with Crippen molar-refractivity contribution >= 4 is 52.0 Å². The van der Waals surface area contributed by atoms with Crippen molar-refractivity contribution < 1.29 is 14.7 Å². The van der Waals surface area contributed by atoms with Crippen molar-refractivity contribution in [2.75, 3.05) is 0 Å². The van der Waals surface area contributed by atoms with E-state index in [0.717, 1.165) is 11.8 Å². The number of phenolic OH excluding ortho intramolecular Hbond substituents is 1. The molecule has 3 rings (SSSR count). The van der Waals surface area contributed by atoms with Gasteiger partial charge in [-0.1, -0.05) is 23.7 Å². The van der Waals surface area contributed by atoms with Crippen LogP contribution in [0, 0.1) is 0 Å². The fourth-order valence-electron chi connectivity index (χ4n) is 1.93. The summed E-state index contributed by atoms with van der Waals surface area (Å²) < 4.78 is 0. The normalized spacial score (nSPS) is 16.1. The molecule has 6 nitrogen and oxygen atoms in total. The van der Waals surface area contributed by atoms with Crippen molar-refractivity contribution in [1.29, 1.82) is 0 Å². The Morgan fingerprint density at radius 3 is 2.62 bits per heavy atom. The van der Waals surface area contributed by atoms with Crippen molar-refractivity contribution in [3.8, 4) is 5.75 Å². The van der Waals surface area contributed by atoms with E-state index in [1.807, 2.05) is 0 Å². The third-order valence-electron chi connectivity index (χ3n) is 3.07. The van der Waals surface area contributed by atoms with E-state index < -0.39 is 11.1 Å². The molecule has 1 heterocycles.